The molecule has 0 unspecified atom stereocenters. The van der Waals surface area contributed by atoms with Gasteiger partial charge in [-0.3, -0.25) is 5.10 Å². The van der Waals surface area contributed by atoms with E-state index in [-0.39, 0.29) is 0 Å². The number of H-pyrrole nitrogens is 1. The second kappa shape index (κ2) is 6.29. The number of hydrogen-bond acceptors (Lipinski definition) is 5. The van der Waals surface area contributed by atoms with Crippen molar-refractivity contribution in [3.63, 3.8) is 0 Å². The van der Waals surface area contributed by atoms with Crippen molar-refractivity contribution < 1.29 is 0 Å². The average molecular weight is 393 g/mol. The molecule has 2 aromatic carbocycles. The van der Waals surface area contributed by atoms with E-state index < -0.39 is 0 Å². The van der Waals surface area contributed by atoms with E-state index in [1.807, 2.05) is 30.3 Å². The Morgan fingerprint density at radius 2 is 1.70 bits per heavy atom. The van der Waals surface area contributed by atoms with Gasteiger partial charge in [-0.25, -0.2) is 0 Å². The van der Waals surface area contributed by atoms with Crippen molar-refractivity contribution in [1.29, 1.82) is 0 Å². The van der Waals surface area contributed by atoms with Crippen molar-refractivity contribution in [3.05, 3.63) is 65.2 Å². The van der Waals surface area contributed by atoms with Gasteiger partial charge in [-0.15, -0.1) is 10.2 Å². The molecule has 0 spiro atoms. The molecule has 0 bridgehead atoms. The molecule has 0 saturated heterocycles. The molecule has 27 heavy (non-hydrogen) atoms. The average Bonchev–Trinajstić information content (AvgIpc) is 3.38. The van der Waals surface area contributed by atoms with Crippen LogP contribution in [0.3, 0.4) is 0 Å². The summed E-state index contributed by atoms with van der Waals surface area (Å²) in [5.41, 5.74) is 4.82. The molecule has 0 aliphatic carbocycles. The fraction of sp³-hybridized carbons (Fsp3) is 0.0526. The molecule has 132 valence electrons. The lowest BCUT2D eigenvalue weighted by Crippen LogP contribution is -1.91. The minimum absolute atomic E-state index is 0.632. The number of halogens is 1. The predicted octanol–water partition coefficient (Wildman–Crippen LogP) is 4.87. The third kappa shape index (κ3) is 2.90. The number of aromatic amines is 1. The quantitative estimate of drug-likeness (QED) is 0.475. The van der Waals surface area contributed by atoms with Crippen LogP contribution in [0, 0.1) is 6.92 Å². The van der Waals surface area contributed by atoms with Gasteiger partial charge in [0, 0.05) is 16.1 Å². The smallest absolute Gasteiger partial charge is 0.235 e. The summed E-state index contributed by atoms with van der Waals surface area (Å²) in [6.07, 6.45) is 0. The highest BCUT2D eigenvalue weighted by Gasteiger charge is 2.16. The van der Waals surface area contributed by atoms with Crippen LogP contribution in [-0.2, 0) is 0 Å². The first-order valence-corrected chi connectivity index (χ1v) is 9.48. The molecule has 0 saturated carbocycles. The number of nitrogens with one attached hydrogen (secondary N) is 1. The predicted molar refractivity (Wildman–Crippen MR) is 107 cm³/mol. The second-order valence-electron chi connectivity index (χ2n) is 6.16. The Bertz CT molecular complexity index is 1230. The Hall–Kier alpha value is -3.03. The van der Waals surface area contributed by atoms with Gasteiger partial charge < -0.3 is 0 Å². The standard InChI is InChI=1S/C19H13ClN6S/c1-11-2-4-13(5-3-11)18-25-26-17(23-24-19(26)27-18)16-10-15(21-22-16)12-6-8-14(20)9-7-12/h2-10H,1H3,(H,21,22). The SMILES string of the molecule is Cc1ccc(-c2nn3c(-c4cc(-c5ccc(Cl)cc5)n[nH]4)nnc3s2)cc1. The summed E-state index contributed by atoms with van der Waals surface area (Å²) in [6, 6.07) is 17.8. The summed E-state index contributed by atoms with van der Waals surface area (Å²) in [7, 11) is 0. The summed E-state index contributed by atoms with van der Waals surface area (Å²) < 4.78 is 1.75. The Morgan fingerprint density at radius 3 is 2.48 bits per heavy atom. The Kier molecular flexibility index (Phi) is 3.77. The molecule has 0 radical (unpaired) electrons. The fourth-order valence-electron chi connectivity index (χ4n) is 2.80. The van der Waals surface area contributed by atoms with Crippen molar-refractivity contribution in [2.24, 2.45) is 0 Å². The summed E-state index contributed by atoms with van der Waals surface area (Å²) in [5.74, 6) is 0.632. The van der Waals surface area contributed by atoms with E-state index >= 15 is 0 Å². The normalized spacial score (nSPS) is 11.3. The molecule has 1 N–H and O–H groups in total. The number of nitrogens with zero attached hydrogens (tertiary/aromatic N) is 5. The lowest BCUT2D eigenvalue weighted by atomic mass is 10.1. The van der Waals surface area contributed by atoms with E-state index in [1.165, 1.54) is 16.9 Å². The molecule has 5 aromatic rings. The zero-order valence-corrected chi connectivity index (χ0v) is 15.8. The maximum absolute atomic E-state index is 5.96. The fourth-order valence-corrected chi connectivity index (χ4v) is 3.77. The lowest BCUT2D eigenvalue weighted by molar-refractivity contribution is 0.954. The molecule has 0 amide bonds. The van der Waals surface area contributed by atoms with Crippen LogP contribution in [0.2, 0.25) is 5.02 Å². The van der Waals surface area contributed by atoms with E-state index in [9.17, 15) is 0 Å². The monoisotopic (exact) mass is 392 g/mol. The van der Waals surface area contributed by atoms with Gasteiger partial charge in [-0.2, -0.15) is 14.7 Å². The summed E-state index contributed by atoms with van der Waals surface area (Å²) in [6.45, 7) is 2.07. The van der Waals surface area contributed by atoms with Crippen LogP contribution in [0.4, 0.5) is 0 Å². The summed E-state index contributed by atoms with van der Waals surface area (Å²) in [5, 5.41) is 22.2. The van der Waals surface area contributed by atoms with Gasteiger partial charge in [0.1, 0.15) is 10.7 Å². The van der Waals surface area contributed by atoms with Crippen LogP contribution < -0.4 is 0 Å². The first-order valence-electron chi connectivity index (χ1n) is 8.28. The number of hydrogen-bond donors (Lipinski definition) is 1. The number of aryl methyl sites for hydroxylation is 1. The van der Waals surface area contributed by atoms with E-state index in [1.54, 1.807) is 4.52 Å². The van der Waals surface area contributed by atoms with Gasteiger partial charge >= 0.3 is 0 Å². The molecule has 3 heterocycles. The number of rotatable bonds is 3. The van der Waals surface area contributed by atoms with E-state index in [2.05, 4.69) is 56.7 Å². The maximum atomic E-state index is 5.96. The van der Waals surface area contributed by atoms with Crippen molar-refractivity contribution in [3.8, 4) is 33.3 Å². The molecular formula is C19H13ClN6S. The minimum Gasteiger partial charge on any atom is -0.274 e. The van der Waals surface area contributed by atoms with E-state index in [4.69, 9.17) is 11.6 Å². The zero-order chi connectivity index (χ0) is 18.4. The molecule has 8 heteroatoms. The second-order valence-corrected chi connectivity index (χ2v) is 7.56. The third-order valence-electron chi connectivity index (χ3n) is 4.25. The van der Waals surface area contributed by atoms with Gasteiger partial charge in [-0.05, 0) is 25.1 Å². The van der Waals surface area contributed by atoms with Crippen LogP contribution in [0.5, 0.6) is 0 Å². The van der Waals surface area contributed by atoms with E-state index in [0.29, 0.717) is 10.8 Å². The molecule has 0 aliphatic rings. The zero-order valence-electron chi connectivity index (χ0n) is 14.2. The molecule has 0 atom stereocenters. The van der Waals surface area contributed by atoms with Gasteiger partial charge in [0.15, 0.2) is 0 Å². The van der Waals surface area contributed by atoms with Crippen LogP contribution in [0.25, 0.3) is 38.3 Å². The topological polar surface area (TPSA) is 71.8 Å². The summed E-state index contributed by atoms with van der Waals surface area (Å²) >= 11 is 7.46. The molecule has 0 aliphatic heterocycles. The first-order chi connectivity index (χ1) is 13.2. The Balaban J connectivity index is 1.54. The van der Waals surface area contributed by atoms with Crippen LogP contribution in [0.1, 0.15) is 5.56 Å². The first kappa shape index (κ1) is 16.2. The highest BCUT2D eigenvalue weighted by atomic mass is 35.5. The summed E-state index contributed by atoms with van der Waals surface area (Å²) in [4.78, 5) is 0.739. The molecule has 3 aromatic heterocycles. The number of aromatic nitrogens is 6. The number of benzene rings is 2. The van der Waals surface area contributed by atoms with Crippen LogP contribution in [0.15, 0.2) is 54.6 Å². The van der Waals surface area contributed by atoms with Crippen LogP contribution >= 0.6 is 22.9 Å². The van der Waals surface area contributed by atoms with E-state index in [0.717, 1.165) is 32.5 Å². The molecule has 0 fully saturated rings. The molecular weight excluding hydrogens is 380 g/mol. The van der Waals surface area contributed by atoms with Crippen molar-refractivity contribution >= 4 is 27.9 Å². The lowest BCUT2D eigenvalue weighted by Gasteiger charge is -1.96. The van der Waals surface area contributed by atoms with Crippen molar-refractivity contribution in [2.45, 2.75) is 6.92 Å². The van der Waals surface area contributed by atoms with Crippen LogP contribution in [-0.4, -0.2) is 30.0 Å². The van der Waals surface area contributed by atoms with Gasteiger partial charge in [0.2, 0.25) is 10.8 Å². The van der Waals surface area contributed by atoms with Gasteiger partial charge in [0.25, 0.3) is 0 Å². The Morgan fingerprint density at radius 1 is 0.963 bits per heavy atom. The minimum atomic E-state index is 0.632. The highest BCUT2D eigenvalue weighted by molar-refractivity contribution is 7.19. The van der Waals surface area contributed by atoms with Crippen molar-refractivity contribution in [2.75, 3.05) is 0 Å². The molecule has 6 nitrogen and oxygen atoms in total. The van der Waals surface area contributed by atoms with Gasteiger partial charge in [-0.1, -0.05) is 64.9 Å². The van der Waals surface area contributed by atoms with Crippen molar-refractivity contribution in [1.82, 2.24) is 30.0 Å². The molecule has 5 rings (SSSR count). The van der Waals surface area contributed by atoms with Gasteiger partial charge in [0.05, 0.1) is 5.69 Å². The maximum Gasteiger partial charge on any atom is 0.235 e. The number of fused-ring (bicyclic) bond motifs is 1. The Labute approximate surface area is 163 Å². The third-order valence-corrected chi connectivity index (χ3v) is 5.45. The largest absolute Gasteiger partial charge is 0.274 e. The highest BCUT2D eigenvalue weighted by Crippen LogP contribution is 2.29.